The van der Waals surface area contributed by atoms with Crippen LogP contribution in [0.15, 0.2) is 24.3 Å². The van der Waals surface area contributed by atoms with Gasteiger partial charge in [-0.15, -0.1) is 0 Å². The Morgan fingerprint density at radius 3 is 2.11 bits per heavy atom. The third-order valence-corrected chi connectivity index (χ3v) is 5.17. The summed E-state index contributed by atoms with van der Waals surface area (Å²) in [5, 5.41) is 0. The van der Waals surface area contributed by atoms with Gasteiger partial charge in [-0.1, -0.05) is 52.0 Å². The van der Waals surface area contributed by atoms with E-state index in [2.05, 4.69) is 52.0 Å². The van der Waals surface area contributed by atoms with E-state index in [0.717, 1.165) is 35.5 Å². The standard InChI is InChI=1S/C18H30/c1-13-7-5-6-8-17(18-12-16(18)4)10-9-14(2)15(3)11-13/h5-6,9-10,13-18H,7-8,11-12H2,1-4H3. The summed E-state index contributed by atoms with van der Waals surface area (Å²) >= 11 is 0. The SMILES string of the molecule is CC1CC=CCC(C2CC2C)C=CC(C)C(C)C1. The third kappa shape index (κ3) is 3.73. The largest absolute Gasteiger partial charge is 0.0883 e. The van der Waals surface area contributed by atoms with Crippen LogP contribution in [-0.2, 0) is 0 Å². The number of rotatable bonds is 1. The predicted octanol–water partition coefficient (Wildman–Crippen LogP) is 5.46. The fourth-order valence-corrected chi connectivity index (χ4v) is 3.38. The Morgan fingerprint density at radius 1 is 0.778 bits per heavy atom. The van der Waals surface area contributed by atoms with Crippen LogP contribution >= 0.6 is 0 Å². The summed E-state index contributed by atoms with van der Waals surface area (Å²) in [5.41, 5.74) is 0. The maximum atomic E-state index is 2.54. The molecular formula is C18H30. The van der Waals surface area contributed by atoms with E-state index in [-0.39, 0.29) is 0 Å². The maximum Gasteiger partial charge on any atom is -0.0168 e. The van der Waals surface area contributed by atoms with Crippen molar-refractivity contribution in [1.82, 2.24) is 0 Å². The summed E-state index contributed by atoms with van der Waals surface area (Å²) < 4.78 is 0. The molecule has 0 saturated heterocycles. The first-order valence-electron chi connectivity index (χ1n) is 7.91. The van der Waals surface area contributed by atoms with Crippen LogP contribution in [0.4, 0.5) is 0 Å². The Labute approximate surface area is 114 Å². The average molecular weight is 246 g/mol. The predicted molar refractivity (Wildman–Crippen MR) is 80.4 cm³/mol. The molecule has 0 nitrogen and oxygen atoms in total. The monoisotopic (exact) mass is 246 g/mol. The Balaban J connectivity index is 2.04. The van der Waals surface area contributed by atoms with Crippen molar-refractivity contribution < 1.29 is 0 Å². The van der Waals surface area contributed by atoms with Crippen molar-refractivity contribution in [2.24, 2.45) is 35.5 Å². The lowest BCUT2D eigenvalue weighted by Crippen LogP contribution is -2.10. The number of allylic oxidation sites excluding steroid dienone is 4. The van der Waals surface area contributed by atoms with Gasteiger partial charge in [-0.2, -0.15) is 0 Å². The highest BCUT2D eigenvalue weighted by Gasteiger charge is 2.37. The molecule has 18 heavy (non-hydrogen) atoms. The van der Waals surface area contributed by atoms with Gasteiger partial charge in [0.05, 0.1) is 0 Å². The van der Waals surface area contributed by atoms with Gasteiger partial charge >= 0.3 is 0 Å². The van der Waals surface area contributed by atoms with E-state index in [1.165, 1.54) is 25.7 Å². The molecule has 0 N–H and O–H groups in total. The summed E-state index contributed by atoms with van der Waals surface area (Å²) in [4.78, 5) is 0. The molecule has 0 heteroatoms. The highest BCUT2D eigenvalue weighted by Crippen LogP contribution is 2.46. The van der Waals surface area contributed by atoms with Crippen LogP contribution in [-0.4, -0.2) is 0 Å². The lowest BCUT2D eigenvalue weighted by atomic mass is 9.85. The summed E-state index contributed by atoms with van der Waals surface area (Å²) in [7, 11) is 0. The molecule has 102 valence electrons. The zero-order chi connectivity index (χ0) is 13.1. The second kappa shape index (κ2) is 6.08. The van der Waals surface area contributed by atoms with Crippen LogP contribution in [0.25, 0.3) is 0 Å². The Kier molecular flexibility index (Phi) is 4.70. The van der Waals surface area contributed by atoms with Gasteiger partial charge in [-0.25, -0.2) is 0 Å². The summed E-state index contributed by atoms with van der Waals surface area (Å²) in [6.07, 6.45) is 15.3. The van der Waals surface area contributed by atoms with E-state index in [4.69, 9.17) is 0 Å². The molecule has 0 radical (unpaired) electrons. The molecule has 0 aromatic heterocycles. The summed E-state index contributed by atoms with van der Waals surface area (Å²) in [5.74, 6) is 5.13. The van der Waals surface area contributed by atoms with Gasteiger partial charge in [0.15, 0.2) is 0 Å². The van der Waals surface area contributed by atoms with Crippen molar-refractivity contribution in [2.45, 2.75) is 53.4 Å². The lowest BCUT2D eigenvalue weighted by molar-refractivity contribution is 0.355. The van der Waals surface area contributed by atoms with Gasteiger partial charge in [0.1, 0.15) is 0 Å². The zero-order valence-corrected chi connectivity index (χ0v) is 12.6. The van der Waals surface area contributed by atoms with Crippen LogP contribution in [0.2, 0.25) is 0 Å². The van der Waals surface area contributed by atoms with Gasteiger partial charge in [-0.3, -0.25) is 0 Å². The minimum Gasteiger partial charge on any atom is -0.0883 e. The molecule has 2 aliphatic rings. The van der Waals surface area contributed by atoms with Crippen molar-refractivity contribution in [3.05, 3.63) is 24.3 Å². The second-order valence-corrected chi connectivity index (χ2v) is 7.05. The van der Waals surface area contributed by atoms with Crippen molar-refractivity contribution in [1.29, 1.82) is 0 Å². The van der Waals surface area contributed by atoms with Gasteiger partial charge in [0, 0.05) is 0 Å². The Bertz CT molecular complexity index is 312. The molecule has 0 amide bonds. The average Bonchev–Trinajstić information content (AvgIpc) is 3.04. The molecule has 0 aromatic rings. The molecule has 1 fully saturated rings. The second-order valence-electron chi connectivity index (χ2n) is 7.05. The van der Waals surface area contributed by atoms with Crippen molar-refractivity contribution >= 4 is 0 Å². The van der Waals surface area contributed by atoms with Gasteiger partial charge in [-0.05, 0) is 61.2 Å². The van der Waals surface area contributed by atoms with Crippen LogP contribution in [0.5, 0.6) is 0 Å². The number of hydrogen-bond acceptors (Lipinski definition) is 0. The molecule has 2 rings (SSSR count). The highest BCUT2D eigenvalue weighted by atomic mass is 14.4. The molecule has 1 saturated carbocycles. The van der Waals surface area contributed by atoms with Gasteiger partial charge < -0.3 is 0 Å². The highest BCUT2D eigenvalue weighted by molar-refractivity contribution is 5.04. The van der Waals surface area contributed by atoms with Crippen molar-refractivity contribution in [3.8, 4) is 0 Å². The molecule has 6 atom stereocenters. The molecule has 0 heterocycles. The lowest BCUT2D eigenvalue weighted by Gasteiger charge is -2.20. The van der Waals surface area contributed by atoms with Crippen LogP contribution in [0.3, 0.4) is 0 Å². The molecule has 2 aliphatic carbocycles. The first kappa shape index (κ1) is 13.9. The third-order valence-electron chi connectivity index (χ3n) is 5.17. The fraction of sp³-hybridized carbons (Fsp3) is 0.778. The Hall–Kier alpha value is -0.520. The van der Waals surface area contributed by atoms with E-state index in [1.807, 2.05) is 0 Å². The van der Waals surface area contributed by atoms with E-state index >= 15 is 0 Å². The minimum atomic E-state index is 0.738. The van der Waals surface area contributed by atoms with Crippen LogP contribution < -0.4 is 0 Å². The first-order valence-corrected chi connectivity index (χ1v) is 7.91. The fourth-order valence-electron chi connectivity index (χ4n) is 3.38. The van der Waals surface area contributed by atoms with Gasteiger partial charge in [0.2, 0.25) is 0 Å². The topological polar surface area (TPSA) is 0 Å². The van der Waals surface area contributed by atoms with Crippen LogP contribution in [0.1, 0.15) is 53.4 Å². The molecule has 0 bridgehead atoms. The van der Waals surface area contributed by atoms with Crippen LogP contribution in [0, 0.1) is 35.5 Å². The first-order chi connectivity index (χ1) is 8.58. The maximum absolute atomic E-state index is 2.54. The van der Waals surface area contributed by atoms with E-state index in [0.29, 0.717) is 0 Å². The number of hydrogen-bond donors (Lipinski definition) is 0. The molecular weight excluding hydrogens is 216 g/mol. The van der Waals surface area contributed by atoms with Crippen molar-refractivity contribution in [2.75, 3.05) is 0 Å². The van der Waals surface area contributed by atoms with Gasteiger partial charge in [0.25, 0.3) is 0 Å². The normalized spacial score (nSPS) is 45.6. The van der Waals surface area contributed by atoms with E-state index in [9.17, 15) is 0 Å². The summed E-state index contributed by atoms with van der Waals surface area (Å²) in [6, 6.07) is 0. The zero-order valence-electron chi connectivity index (χ0n) is 12.6. The molecule has 0 aromatic carbocycles. The van der Waals surface area contributed by atoms with Crippen molar-refractivity contribution in [3.63, 3.8) is 0 Å². The van der Waals surface area contributed by atoms with E-state index in [1.54, 1.807) is 0 Å². The van der Waals surface area contributed by atoms with E-state index < -0.39 is 0 Å². The smallest absolute Gasteiger partial charge is 0.0168 e. The molecule has 6 unspecified atom stereocenters. The quantitative estimate of drug-likeness (QED) is 0.539. The minimum absolute atomic E-state index is 0.738. The molecule has 0 aliphatic heterocycles. The Morgan fingerprint density at radius 2 is 1.44 bits per heavy atom. The molecule has 0 spiro atoms. The summed E-state index contributed by atoms with van der Waals surface area (Å²) in [6.45, 7) is 9.62.